The fraction of sp³-hybridized carbons (Fsp3) is 0.250. The Bertz CT molecular complexity index is 2030. The van der Waals surface area contributed by atoms with Crippen molar-refractivity contribution in [3.05, 3.63) is 177 Å². The van der Waals surface area contributed by atoms with Gasteiger partial charge in [-0.3, -0.25) is 10.8 Å². The number of nitrogens with two attached hydrogens (primary N) is 1. The van der Waals surface area contributed by atoms with E-state index in [4.69, 9.17) is 10.8 Å². The number of hydrogen-bond donors (Lipinski definition) is 1. The van der Waals surface area contributed by atoms with Crippen molar-refractivity contribution in [1.29, 1.82) is 0 Å². The van der Waals surface area contributed by atoms with Gasteiger partial charge in [-0.1, -0.05) is 155 Å². The summed E-state index contributed by atoms with van der Waals surface area (Å²) in [6.07, 6.45) is 8.87. The third kappa shape index (κ3) is 4.94. The third-order valence-electron chi connectivity index (χ3n) is 11.2. The van der Waals surface area contributed by atoms with Crippen LogP contribution in [0.25, 0.3) is 12.2 Å². The molecule has 0 amide bonds. The van der Waals surface area contributed by atoms with Crippen molar-refractivity contribution in [3.8, 4) is 0 Å². The van der Waals surface area contributed by atoms with Crippen molar-refractivity contribution in [2.24, 2.45) is 10.8 Å². The molecule has 0 saturated heterocycles. The Morgan fingerprint density at radius 1 is 0.833 bits per heavy atom. The first-order chi connectivity index (χ1) is 23.3. The minimum atomic E-state index is -0.458. The summed E-state index contributed by atoms with van der Waals surface area (Å²) in [7, 11) is 0. The SMILES string of the molecule is CC1c2c(c3c(n2C(N=Cc2ccccc2)N(N)Cc2ccccc2)C=C2C(c4ccccc4C2(C)C)C3C)C=CC1c1ccccc1. The normalized spacial score (nSPS) is 22.6. The molecule has 4 nitrogen and oxygen atoms in total. The van der Waals surface area contributed by atoms with Crippen LogP contribution < -0.4 is 5.84 Å². The summed E-state index contributed by atoms with van der Waals surface area (Å²) in [5, 5.41) is 1.92. The number of aliphatic imine (C=N–C) groups is 1. The molecule has 0 radical (unpaired) electrons. The molecule has 0 aliphatic heterocycles. The molecular weight excluding hydrogens is 585 g/mol. The molecule has 4 heteroatoms. The molecule has 3 aliphatic rings. The highest BCUT2D eigenvalue weighted by Crippen LogP contribution is 2.60. The fourth-order valence-corrected chi connectivity index (χ4v) is 8.83. The van der Waals surface area contributed by atoms with E-state index in [1.807, 2.05) is 17.3 Å². The van der Waals surface area contributed by atoms with E-state index in [0.29, 0.717) is 18.4 Å². The van der Waals surface area contributed by atoms with E-state index >= 15 is 0 Å². The summed E-state index contributed by atoms with van der Waals surface area (Å²) < 4.78 is 2.50. The lowest BCUT2D eigenvalue weighted by Gasteiger charge is -2.34. The molecule has 8 rings (SSSR count). The molecule has 5 unspecified atom stereocenters. The fourth-order valence-electron chi connectivity index (χ4n) is 8.83. The molecule has 0 saturated carbocycles. The van der Waals surface area contributed by atoms with E-state index in [9.17, 15) is 0 Å². The second-order valence-corrected chi connectivity index (χ2v) is 14.3. The Balaban J connectivity index is 1.36. The Hall–Kier alpha value is -4.77. The zero-order valence-corrected chi connectivity index (χ0v) is 28.3. The molecule has 1 aromatic heterocycles. The molecule has 3 aliphatic carbocycles. The number of benzene rings is 4. The highest BCUT2D eigenvalue weighted by atomic mass is 15.5. The van der Waals surface area contributed by atoms with Crippen LogP contribution in [-0.2, 0) is 12.0 Å². The number of hydrazine groups is 1. The van der Waals surface area contributed by atoms with Crippen LogP contribution in [0.15, 0.2) is 132 Å². The van der Waals surface area contributed by atoms with Crippen LogP contribution in [0.3, 0.4) is 0 Å². The summed E-state index contributed by atoms with van der Waals surface area (Å²) in [5.41, 5.74) is 13.1. The van der Waals surface area contributed by atoms with Gasteiger partial charge in [0.05, 0.1) is 0 Å². The predicted octanol–water partition coefficient (Wildman–Crippen LogP) is 9.93. The average Bonchev–Trinajstić information content (AvgIpc) is 3.56. The maximum absolute atomic E-state index is 7.19. The molecule has 2 N–H and O–H groups in total. The van der Waals surface area contributed by atoms with Gasteiger partial charge in [-0.05, 0) is 56.5 Å². The number of fused-ring (bicyclic) bond motifs is 6. The molecule has 48 heavy (non-hydrogen) atoms. The Labute approximate surface area is 284 Å². The van der Waals surface area contributed by atoms with Crippen LogP contribution in [0.1, 0.15) is 108 Å². The van der Waals surface area contributed by atoms with Gasteiger partial charge in [0, 0.05) is 47.3 Å². The molecule has 0 bridgehead atoms. The largest absolute Gasteiger partial charge is 0.308 e. The van der Waals surface area contributed by atoms with E-state index in [-0.39, 0.29) is 17.3 Å². The standard InChI is InChI=1S/C44H44N4/c1-29-34(33-20-12-7-13-21-33)24-25-36-41-30(2)40-35-22-14-15-23-37(35)44(3,4)38(40)26-39(41)48(42(29)36)43(46-27-31-16-8-5-9-17-31)47(45)28-32-18-10-6-11-19-32/h5-27,29-30,34,40,43H,28,45H2,1-4H3. The van der Waals surface area contributed by atoms with E-state index < -0.39 is 6.29 Å². The number of aromatic nitrogens is 1. The minimum absolute atomic E-state index is 0.0773. The zero-order chi connectivity index (χ0) is 33.0. The topological polar surface area (TPSA) is 46.5 Å². The zero-order valence-electron chi connectivity index (χ0n) is 28.3. The molecule has 5 aromatic rings. The van der Waals surface area contributed by atoms with E-state index in [2.05, 4.69) is 160 Å². The average molecular weight is 629 g/mol. The van der Waals surface area contributed by atoms with Crippen LogP contribution >= 0.6 is 0 Å². The van der Waals surface area contributed by atoms with E-state index in [1.54, 1.807) is 0 Å². The summed E-state index contributed by atoms with van der Waals surface area (Å²) >= 11 is 0. The van der Waals surface area contributed by atoms with Crippen molar-refractivity contribution in [3.63, 3.8) is 0 Å². The van der Waals surface area contributed by atoms with Crippen molar-refractivity contribution >= 4 is 18.4 Å². The van der Waals surface area contributed by atoms with Crippen LogP contribution in [-0.4, -0.2) is 15.8 Å². The van der Waals surface area contributed by atoms with Crippen LogP contribution in [0.4, 0.5) is 0 Å². The van der Waals surface area contributed by atoms with Crippen LogP contribution in [0, 0.1) is 0 Å². The highest BCUT2D eigenvalue weighted by molar-refractivity contribution is 5.80. The number of allylic oxidation sites excluding steroid dienone is 2. The number of hydrogen-bond acceptors (Lipinski definition) is 3. The van der Waals surface area contributed by atoms with Gasteiger partial charge in [0.25, 0.3) is 0 Å². The second-order valence-electron chi connectivity index (χ2n) is 14.3. The van der Waals surface area contributed by atoms with Crippen molar-refractivity contribution in [1.82, 2.24) is 9.58 Å². The van der Waals surface area contributed by atoms with Gasteiger partial charge in [0.15, 0.2) is 6.29 Å². The van der Waals surface area contributed by atoms with Crippen LogP contribution in [0.2, 0.25) is 0 Å². The maximum atomic E-state index is 7.19. The molecule has 0 fully saturated rings. The Kier molecular flexibility index (Phi) is 7.66. The monoisotopic (exact) mass is 628 g/mol. The lowest BCUT2D eigenvalue weighted by molar-refractivity contribution is 0.135. The van der Waals surface area contributed by atoms with Gasteiger partial charge in [-0.2, -0.15) is 0 Å². The van der Waals surface area contributed by atoms with Crippen molar-refractivity contribution < 1.29 is 0 Å². The molecule has 1 heterocycles. The van der Waals surface area contributed by atoms with Gasteiger partial charge in [-0.25, -0.2) is 5.01 Å². The summed E-state index contributed by atoms with van der Waals surface area (Å²) in [6, 6.07) is 40.8. The van der Waals surface area contributed by atoms with Gasteiger partial charge in [0.2, 0.25) is 0 Å². The van der Waals surface area contributed by atoms with Gasteiger partial charge >= 0.3 is 0 Å². The lowest BCUT2D eigenvalue weighted by atomic mass is 9.70. The van der Waals surface area contributed by atoms with Gasteiger partial charge < -0.3 is 4.57 Å². The van der Waals surface area contributed by atoms with Crippen molar-refractivity contribution in [2.75, 3.05) is 0 Å². The molecule has 4 aromatic carbocycles. The summed E-state index contributed by atoms with van der Waals surface area (Å²) in [6.45, 7) is 10.2. The Morgan fingerprint density at radius 3 is 2.21 bits per heavy atom. The molecule has 5 atom stereocenters. The first-order valence-corrected chi connectivity index (χ1v) is 17.3. The van der Waals surface area contributed by atoms with Gasteiger partial charge in [0.1, 0.15) is 0 Å². The Morgan fingerprint density at radius 2 is 1.48 bits per heavy atom. The van der Waals surface area contributed by atoms with E-state index in [0.717, 1.165) is 11.1 Å². The van der Waals surface area contributed by atoms with Crippen molar-refractivity contribution in [2.45, 2.75) is 69.6 Å². The quantitative estimate of drug-likeness (QED) is 0.111. The molecule has 0 spiro atoms. The lowest BCUT2D eigenvalue weighted by Crippen LogP contribution is -2.39. The minimum Gasteiger partial charge on any atom is -0.308 e. The molecular formula is C44H44N4. The second kappa shape index (κ2) is 12.0. The highest BCUT2D eigenvalue weighted by Gasteiger charge is 2.48. The number of nitrogens with zero attached hydrogens (tertiary/aromatic N) is 3. The molecule has 240 valence electrons. The van der Waals surface area contributed by atoms with Gasteiger partial charge in [-0.15, -0.1) is 0 Å². The smallest absolute Gasteiger partial charge is 0.195 e. The summed E-state index contributed by atoms with van der Waals surface area (Å²) in [5.74, 6) is 8.27. The first-order valence-electron chi connectivity index (χ1n) is 17.3. The van der Waals surface area contributed by atoms with E-state index in [1.165, 1.54) is 44.8 Å². The first kappa shape index (κ1) is 30.6. The maximum Gasteiger partial charge on any atom is 0.195 e. The third-order valence-corrected chi connectivity index (χ3v) is 11.2. The predicted molar refractivity (Wildman–Crippen MR) is 199 cm³/mol. The summed E-state index contributed by atoms with van der Waals surface area (Å²) in [4.78, 5) is 5.35. The number of rotatable bonds is 7. The van der Waals surface area contributed by atoms with Crippen LogP contribution in [0.5, 0.6) is 0 Å².